The quantitative estimate of drug-likeness (QED) is 0.163. The monoisotopic (exact) mass is 586 g/mol. The maximum absolute atomic E-state index is 13.6. The molecule has 4 nitrogen and oxygen atoms in total. The summed E-state index contributed by atoms with van der Waals surface area (Å²) in [6, 6.07) is 13.2. The van der Waals surface area contributed by atoms with Gasteiger partial charge in [-0.2, -0.15) is 0 Å². The molecular weight excluding hydrogens is 540 g/mol. The molecule has 44 heavy (non-hydrogen) atoms. The number of hydrogen-bond donors (Lipinski definition) is 0. The fraction of sp³-hybridized carbons (Fsp3) is 0.400. The topological polar surface area (TPSA) is 40.6 Å². The SMILES string of the molecule is CCCCCCCCc1ccc2c(c1)C=CN1C(=O)/C(=C3\C=C4c5ccc(CCCCCCCC)cc5C=CN4C3=O)C=C21. The highest BCUT2D eigenvalue weighted by Crippen LogP contribution is 2.42. The van der Waals surface area contributed by atoms with Crippen molar-refractivity contribution in [3.8, 4) is 0 Å². The smallest absolute Gasteiger partial charge is 0.263 e. The van der Waals surface area contributed by atoms with Crippen LogP contribution in [0.1, 0.15) is 124 Å². The van der Waals surface area contributed by atoms with E-state index in [1.165, 1.54) is 88.2 Å². The van der Waals surface area contributed by atoms with Crippen molar-refractivity contribution in [2.75, 3.05) is 0 Å². The lowest BCUT2D eigenvalue weighted by Crippen LogP contribution is -2.25. The fourth-order valence-corrected chi connectivity index (χ4v) is 6.92. The lowest BCUT2D eigenvalue weighted by atomic mass is 9.96. The number of carbonyl (C=O) groups is 2. The Bertz CT molecular complexity index is 1470. The van der Waals surface area contributed by atoms with E-state index in [-0.39, 0.29) is 11.8 Å². The second kappa shape index (κ2) is 13.8. The van der Waals surface area contributed by atoms with Crippen LogP contribution < -0.4 is 0 Å². The van der Waals surface area contributed by atoms with Gasteiger partial charge in [0.2, 0.25) is 0 Å². The summed E-state index contributed by atoms with van der Waals surface area (Å²) >= 11 is 0. The van der Waals surface area contributed by atoms with Crippen molar-refractivity contribution in [2.24, 2.45) is 0 Å². The van der Waals surface area contributed by atoms with Gasteiger partial charge in [-0.3, -0.25) is 19.4 Å². The van der Waals surface area contributed by atoms with Gasteiger partial charge in [0.05, 0.1) is 22.5 Å². The Morgan fingerprint density at radius 2 is 0.932 bits per heavy atom. The Morgan fingerprint density at radius 3 is 1.36 bits per heavy atom. The van der Waals surface area contributed by atoms with E-state index in [2.05, 4.69) is 50.2 Å². The highest BCUT2D eigenvalue weighted by Gasteiger charge is 2.38. The number of unbranched alkanes of at least 4 members (excludes halogenated alkanes) is 10. The van der Waals surface area contributed by atoms with Crippen LogP contribution in [-0.4, -0.2) is 21.6 Å². The molecule has 0 radical (unpaired) electrons. The molecule has 4 heteroatoms. The summed E-state index contributed by atoms with van der Waals surface area (Å²) in [7, 11) is 0. The number of fused-ring (bicyclic) bond motifs is 6. The summed E-state index contributed by atoms with van der Waals surface area (Å²) in [5.74, 6) is -0.284. The van der Waals surface area contributed by atoms with Crippen LogP contribution in [-0.2, 0) is 22.4 Å². The van der Waals surface area contributed by atoms with Crippen molar-refractivity contribution >= 4 is 35.4 Å². The Hall–Kier alpha value is -3.92. The summed E-state index contributed by atoms with van der Waals surface area (Å²) in [5.41, 5.74) is 9.69. The molecule has 0 bridgehead atoms. The maximum Gasteiger partial charge on any atom is 0.263 e. The van der Waals surface area contributed by atoms with Gasteiger partial charge in [0.1, 0.15) is 0 Å². The summed E-state index contributed by atoms with van der Waals surface area (Å²) in [5, 5.41) is 0. The Morgan fingerprint density at radius 1 is 0.523 bits per heavy atom. The predicted octanol–water partition coefficient (Wildman–Crippen LogP) is 9.82. The van der Waals surface area contributed by atoms with E-state index in [1.54, 1.807) is 9.80 Å². The molecule has 0 fully saturated rings. The van der Waals surface area contributed by atoms with Crippen LogP contribution in [0.2, 0.25) is 0 Å². The third-order valence-corrected chi connectivity index (χ3v) is 9.50. The number of nitrogens with zero attached hydrogens (tertiary/aromatic N) is 2. The molecule has 4 aliphatic heterocycles. The van der Waals surface area contributed by atoms with Crippen molar-refractivity contribution in [1.29, 1.82) is 0 Å². The van der Waals surface area contributed by atoms with E-state index in [9.17, 15) is 9.59 Å². The van der Waals surface area contributed by atoms with E-state index in [1.807, 2.05) is 36.7 Å². The highest BCUT2D eigenvalue weighted by atomic mass is 16.2. The summed E-state index contributed by atoms with van der Waals surface area (Å²) in [6.07, 6.45) is 29.2. The lowest BCUT2D eigenvalue weighted by molar-refractivity contribution is -0.123. The van der Waals surface area contributed by atoms with Gasteiger partial charge in [0.15, 0.2) is 0 Å². The number of rotatable bonds is 14. The first-order valence-electron chi connectivity index (χ1n) is 17.1. The molecule has 4 aliphatic rings. The van der Waals surface area contributed by atoms with Gasteiger partial charge >= 0.3 is 0 Å². The molecule has 0 aliphatic carbocycles. The van der Waals surface area contributed by atoms with Gasteiger partial charge in [-0.05, 0) is 72.2 Å². The van der Waals surface area contributed by atoms with Gasteiger partial charge < -0.3 is 0 Å². The molecule has 0 N–H and O–H groups in total. The molecule has 0 saturated heterocycles. The Balaban J connectivity index is 1.19. The second-order valence-electron chi connectivity index (χ2n) is 12.7. The summed E-state index contributed by atoms with van der Waals surface area (Å²) < 4.78 is 0. The van der Waals surface area contributed by atoms with Gasteiger partial charge in [-0.25, -0.2) is 0 Å². The van der Waals surface area contributed by atoms with Crippen LogP contribution in [0.25, 0.3) is 23.5 Å². The van der Waals surface area contributed by atoms with Crippen LogP contribution in [0.15, 0.2) is 72.1 Å². The van der Waals surface area contributed by atoms with Gasteiger partial charge in [-0.1, -0.05) is 114 Å². The molecule has 2 amide bonds. The molecule has 228 valence electrons. The van der Waals surface area contributed by atoms with E-state index >= 15 is 0 Å². The molecule has 2 aromatic carbocycles. The third kappa shape index (κ3) is 6.18. The first-order chi connectivity index (χ1) is 21.6. The number of amides is 2. The van der Waals surface area contributed by atoms with Gasteiger partial charge in [0, 0.05) is 23.5 Å². The predicted molar refractivity (Wildman–Crippen MR) is 182 cm³/mol. The molecule has 2 aromatic rings. The van der Waals surface area contributed by atoms with Crippen LogP contribution in [0.5, 0.6) is 0 Å². The number of hydrogen-bond acceptors (Lipinski definition) is 2. The van der Waals surface area contributed by atoms with Crippen molar-refractivity contribution in [3.63, 3.8) is 0 Å². The van der Waals surface area contributed by atoms with E-state index in [0.717, 1.165) is 46.5 Å². The minimum absolute atomic E-state index is 0.142. The second-order valence-corrected chi connectivity index (χ2v) is 12.7. The van der Waals surface area contributed by atoms with Crippen LogP contribution in [0.3, 0.4) is 0 Å². The normalized spacial score (nSPS) is 18.0. The molecule has 0 saturated carbocycles. The van der Waals surface area contributed by atoms with Crippen molar-refractivity contribution in [2.45, 2.75) is 104 Å². The molecule has 0 atom stereocenters. The highest BCUT2D eigenvalue weighted by molar-refractivity contribution is 6.20. The molecule has 6 rings (SSSR count). The van der Waals surface area contributed by atoms with Crippen molar-refractivity contribution in [1.82, 2.24) is 9.80 Å². The number of benzene rings is 2. The molecule has 0 spiro atoms. The zero-order valence-electron chi connectivity index (χ0n) is 26.5. The van der Waals surface area contributed by atoms with E-state index in [0.29, 0.717) is 11.1 Å². The average molecular weight is 587 g/mol. The summed E-state index contributed by atoms with van der Waals surface area (Å²) in [4.78, 5) is 30.6. The van der Waals surface area contributed by atoms with E-state index in [4.69, 9.17) is 0 Å². The lowest BCUT2D eigenvalue weighted by Gasteiger charge is -2.23. The Kier molecular flexibility index (Phi) is 9.45. The first kappa shape index (κ1) is 30.1. The maximum atomic E-state index is 13.6. The first-order valence-corrected chi connectivity index (χ1v) is 17.1. The van der Waals surface area contributed by atoms with E-state index < -0.39 is 0 Å². The number of carbonyl (C=O) groups excluding carboxylic acids is 2. The van der Waals surface area contributed by atoms with Crippen LogP contribution >= 0.6 is 0 Å². The fourth-order valence-electron chi connectivity index (χ4n) is 6.92. The minimum atomic E-state index is -0.142. The minimum Gasteiger partial charge on any atom is -0.283 e. The van der Waals surface area contributed by atoms with Gasteiger partial charge in [-0.15, -0.1) is 0 Å². The average Bonchev–Trinajstić information content (AvgIpc) is 3.56. The Labute approximate surface area is 263 Å². The van der Waals surface area contributed by atoms with Gasteiger partial charge in [0.25, 0.3) is 11.8 Å². The van der Waals surface area contributed by atoms with Crippen molar-refractivity contribution in [3.05, 3.63) is 105 Å². The summed E-state index contributed by atoms with van der Waals surface area (Å²) in [6.45, 7) is 4.51. The standard InChI is InChI=1S/C40H46N2O2/c1-3-5-7-9-11-13-15-29-17-19-33-31(25-29)21-23-41-37(33)27-35(39(41)43)36-28-38-34-20-18-30(16-14-12-10-8-6-4-2)26-32(34)22-24-42(38)40(36)44/h17-28H,3-16H2,1-2H3/b36-35+. The van der Waals surface area contributed by atoms with Crippen LogP contribution in [0.4, 0.5) is 0 Å². The zero-order chi connectivity index (χ0) is 30.5. The van der Waals surface area contributed by atoms with Crippen LogP contribution in [0, 0.1) is 0 Å². The molecule has 0 unspecified atom stereocenters. The zero-order valence-corrected chi connectivity index (χ0v) is 26.5. The largest absolute Gasteiger partial charge is 0.283 e. The van der Waals surface area contributed by atoms with Crippen molar-refractivity contribution < 1.29 is 9.59 Å². The molecule has 0 aromatic heterocycles. The number of aryl methyl sites for hydroxylation is 2. The third-order valence-electron chi connectivity index (χ3n) is 9.50. The molecular formula is C40H46N2O2. The molecule has 4 heterocycles.